The zero-order valence-electron chi connectivity index (χ0n) is 21.8. The molecule has 2 amide bonds. The highest BCUT2D eigenvalue weighted by molar-refractivity contribution is 7.10. The van der Waals surface area contributed by atoms with Crippen LogP contribution in [0.4, 0.5) is 4.39 Å². The number of halogens is 1. The van der Waals surface area contributed by atoms with Crippen LogP contribution < -0.4 is 4.74 Å². The van der Waals surface area contributed by atoms with E-state index >= 15 is 0 Å². The van der Waals surface area contributed by atoms with Gasteiger partial charge in [0.05, 0.1) is 12.1 Å². The van der Waals surface area contributed by atoms with Crippen molar-refractivity contribution in [3.8, 4) is 5.75 Å². The van der Waals surface area contributed by atoms with Crippen molar-refractivity contribution in [2.75, 3.05) is 32.8 Å². The van der Waals surface area contributed by atoms with Crippen LogP contribution in [0.3, 0.4) is 0 Å². The summed E-state index contributed by atoms with van der Waals surface area (Å²) in [5, 5.41) is 2.06. The first-order valence-corrected chi connectivity index (χ1v) is 14.0. The predicted octanol–water partition coefficient (Wildman–Crippen LogP) is 5.33. The van der Waals surface area contributed by atoms with Crippen LogP contribution in [0.1, 0.15) is 50.8 Å². The molecular weight excluding hydrogens is 503 g/mol. The SMILES string of the molecule is Cc1ccc(OC[C@@H]2c3ccsc3CCN2C(=O)CN(C[C@@H]2CCCO2)C(=O)c2ccc(F)cc2)c(C)c1. The van der Waals surface area contributed by atoms with Crippen LogP contribution in [0.2, 0.25) is 0 Å². The van der Waals surface area contributed by atoms with Gasteiger partial charge >= 0.3 is 0 Å². The van der Waals surface area contributed by atoms with Gasteiger partial charge < -0.3 is 19.3 Å². The molecule has 2 aromatic carbocycles. The predicted molar refractivity (Wildman–Crippen MR) is 145 cm³/mol. The second kappa shape index (κ2) is 11.7. The van der Waals surface area contributed by atoms with E-state index in [1.54, 1.807) is 16.2 Å². The van der Waals surface area contributed by atoms with E-state index in [0.717, 1.165) is 36.1 Å². The zero-order chi connectivity index (χ0) is 26.6. The molecule has 1 saturated heterocycles. The standard InChI is InChI=1S/C30H33FN2O4S/c1-20-5-10-27(21(2)16-20)37-19-26-25-12-15-38-28(25)11-13-33(26)29(34)18-32(17-24-4-3-14-36-24)30(35)22-6-8-23(31)9-7-22/h5-10,12,15-16,24,26H,3-4,11,13-14,17-19H2,1-2H3/t24-,26+/m0/s1. The van der Waals surface area contributed by atoms with Crippen molar-refractivity contribution >= 4 is 23.2 Å². The Bertz CT molecular complexity index is 1290. The minimum atomic E-state index is -0.408. The maximum absolute atomic E-state index is 13.8. The molecule has 0 saturated carbocycles. The number of fused-ring (bicyclic) bond motifs is 1. The second-order valence-corrected chi connectivity index (χ2v) is 11.1. The maximum atomic E-state index is 13.8. The Morgan fingerprint density at radius 3 is 2.71 bits per heavy atom. The summed E-state index contributed by atoms with van der Waals surface area (Å²) in [4.78, 5) is 31.9. The molecule has 2 aliphatic heterocycles. The molecule has 200 valence electrons. The van der Waals surface area contributed by atoms with Gasteiger partial charge in [-0.2, -0.15) is 0 Å². The Labute approximate surface area is 227 Å². The van der Waals surface area contributed by atoms with Gasteiger partial charge in [0.25, 0.3) is 5.91 Å². The molecule has 2 atom stereocenters. The number of aryl methyl sites for hydroxylation is 2. The monoisotopic (exact) mass is 536 g/mol. The highest BCUT2D eigenvalue weighted by Gasteiger charge is 2.34. The molecule has 1 fully saturated rings. The Hall–Kier alpha value is -3.23. The highest BCUT2D eigenvalue weighted by atomic mass is 32.1. The molecule has 38 heavy (non-hydrogen) atoms. The minimum Gasteiger partial charge on any atom is -0.491 e. The number of ether oxygens (including phenoxy) is 2. The average molecular weight is 537 g/mol. The highest BCUT2D eigenvalue weighted by Crippen LogP contribution is 2.34. The summed E-state index contributed by atoms with van der Waals surface area (Å²) in [6.45, 7) is 5.86. The third kappa shape index (κ3) is 5.92. The first kappa shape index (κ1) is 26.4. The van der Waals surface area contributed by atoms with Crippen molar-refractivity contribution in [1.82, 2.24) is 9.80 Å². The fraction of sp³-hybridized carbons (Fsp3) is 0.400. The number of nitrogens with zero attached hydrogens (tertiary/aromatic N) is 2. The summed E-state index contributed by atoms with van der Waals surface area (Å²) < 4.78 is 25.5. The van der Waals surface area contributed by atoms with Crippen molar-refractivity contribution in [3.05, 3.63) is 86.9 Å². The molecule has 1 aromatic heterocycles. The smallest absolute Gasteiger partial charge is 0.254 e. The number of hydrogen-bond acceptors (Lipinski definition) is 5. The third-order valence-corrected chi connectivity index (χ3v) is 8.29. The van der Waals surface area contributed by atoms with Crippen molar-refractivity contribution < 1.29 is 23.5 Å². The lowest BCUT2D eigenvalue weighted by molar-refractivity contribution is -0.135. The molecule has 0 N–H and O–H groups in total. The molecular formula is C30H33FN2O4S. The van der Waals surface area contributed by atoms with E-state index < -0.39 is 5.82 Å². The lowest BCUT2D eigenvalue weighted by Crippen LogP contribution is -2.49. The molecule has 0 radical (unpaired) electrons. The van der Waals surface area contributed by atoms with Gasteiger partial charge in [0, 0.05) is 30.1 Å². The van der Waals surface area contributed by atoms with E-state index in [9.17, 15) is 14.0 Å². The number of rotatable bonds is 8. The van der Waals surface area contributed by atoms with E-state index in [1.807, 2.05) is 30.9 Å². The lowest BCUT2D eigenvalue weighted by atomic mass is 10.00. The number of carbonyl (C=O) groups is 2. The fourth-order valence-electron chi connectivity index (χ4n) is 5.29. The van der Waals surface area contributed by atoms with Crippen LogP contribution >= 0.6 is 11.3 Å². The summed E-state index contributed by atoms with van der Waals surface area (Å²) in [6, 6.07) is 13.4. The Morgan fingerprint density at radius 1 is 1.16 bits per heavy atom. The molecule has 0 bridgehead atoms. The average Bonchev–Trinajstić information content (AvgIpc) is 3.60. The Morgan fingerprint density at radius 2 is 1.97 bits per heavy atom. The van der Waals surface area contributed by atoms with Gasteiger partial charge in [-0.3, -0.25) is 9.59 Å². The van der Waals surface area contributed by atoms with Gasteiger partial charge in [0.2, 0.25) is 5.91 Å². The van der Waals surface area contributed by atoms with Crippen LogP contribution in [0.15, 0.2) is 53.9 Å². The van der Waals surface area contributed by atoms with E-state index in [2.05, 4.69) is 17.5 Å². The number of benzene rings is 2. The van der Waals surface area contributed by atoms with E-state index in [1.165, 1.54) is 34.7 Å². The molecule has 0 aliphatic carbocycles. The minimum absolute atomic E-state index is 0.0738. The Kier molecular flexibility index (Phi) is 8.09. The van der Waals surface area contributed by atoms with Crippen LogP contribution in [-0.4, -0.2) is 60.6 Å². The Balaban J connectivity index is 1.36. The summed E-state index contributed by atoms with van der Waals surface area (Å²) >= 11 is 1.70. The molecule has 8 heteroatoms. The van der Waals surface area contributed by atoms with Gasteiger partial charge in [-0.25, -0.2) is 4.39 Å². The molecule has 3 heterocycles. The van der Waals surface area contributed by atoms with Gasteiger partial charge in [-0.15, -0.1) is 11.3 Å². The fourth-order valence-corrected chi connectivity index (χ4v) is 6.22. The molecule has 0 spiro atoms. The van der Waals surface area contributed by atoms with Crippen molar-refractivity contribution in [3.63, 3.8) is 0 Å². The van der Waals surface area contributed by atoms with Crippen LogP contribution in [0, 0.1) is 19.7 Å². The van der Waals surface area contributed by atoms with Crippen molar-refractivity contribution in [1.29, 1.82) is 0 Å². The molecule has 0 unspecified atom stereocenters. The van der Waals surface area contributed by atoms with E-state index in [4.69, 9.17) is 9.47 Å². The summed E-state index contributed by atoms with van der Waals surface area (Å²) in [6.07, 6.45) is 2.44. The number of carbonyl (C=O) groups excluding carboxylic acids is 2. The first-order valence-electron chi connectivity index (χ1n) is 13.1. The third-order valence-electron chi connectivity index (χ3n) is 7.29. The second-order valence-electron chi connectivity index (χ2n) is 10.1. The van der Waals surface area contributed by atoms with Crippen molar-refractivity contribution in [2.45, 2.75) is 45.3 Å². The van der Waals surface area contributed by atoms with Gasteiger partial charge in [0.1, 0.15) is 24.7 Å². The van der Waals surface area contributed by atoms with Gasteiger partial charge in [0.15, 0.2) is 0 Å². The number of hydrogen-bond donors (Lipinski definition) is 0. The molecule has 5 rings (SSSR count). The van der Waals surface area contributed by atoms with Gasteiger partial charge in [-0.05, 0) is 86.0 Å². The number of thiophene rings is 1. The summed E-state index contributed by atoms with van der Waals surface area (Å²) in [7, 11) is 0. The van der Waals surface area contributed by atoms with E-state index in [0.29, 0.717) is 31.9 Å². The molecule has 6 nitrogen and oxygen atoms in total. The summed E-state index contributed by atoms with van der Waals surface area (Å²) in [5.74, 6) is -0.0404. The van der Waals surface area contributed by atoms with Crippen molar-refractivity contribution in [2.24, 2.45) is 0 Å². The molecule has 3 aromatic rings. The van der Waals surface area contributed by atoms with Crippen LogP contribution in [0.25, 0.3) is 0 Å². The maximum Gasteiger partial charge on any atom is 0.254 e. The van der Waals surface area contributed by atoms with E-state index in [-0.39, 0.29) is 30.5 Å². The van der Waals surface area contributed by atoms with Gasteiger partial charge in [-0.1, -0.05) is 17.7 Å². The quantitative estimate of drug-likeness (QED) is 0.391. The lowest BCUT2D eigenvalue weighted by Gasteiger charge is -2.37. The normalized spacial score (nSPS) is 18.8. The summed E-state index contributed by atoms with van der Waals surface area (Å²) in [5.41, 5.74) is 3.68. The van der Waals surface area contributed by atoms with Crippen LogP contribution in [0.5, 0.6) is 5.75 Å². The largest absolute Gasteiger partial charge is 0.491 e. The topological polar surface area (TPSA) is 59.1 Å². The zero-order valence-corrected chi connectivity index (χ0v) is 22.6. The first-order chi connectivity index (χ1) is 18.4. The molecule has 2 aliphatic rings. The van der Waals surface area contributed by atoms with Crippen LogP contribution in [-0.2, 0) is 16.0 Å². The number of amides is 2.